The third kappa shape index (κ3) is 3.96. The first-order chi connectivity index (χ1) is 14.6. The topological polar surface area (TPSA) is 65.0 Å². The van der Waals surface area contributed by atoms with Crippen molar-refractivity contribution in [2.24, 2.45) is 11.8 Å². The van der Waals surface area contributed by atoms with Crippen molar-refractivity contribution < 1.29 is 5.11 Å². The molecule has 2 aromatic heterocycles. The van der Waals surface area contributed by atoms with Crippen molar-refractivity contribution >= 4 is 27.9 Å². The number of hydrogen-bond donors (Lipinski definition) is 2. The monoisotopic (exact) mass is 422 g/mol. The van der Waals surface area contributed by atoms with Gasteiger partial charge in [0.15, 0.2) is 0 Å². The number of aliphatic hydroxyl groups is 1. The number of para-hydroxylation sites is 2. The Balaban J connectivity index is 1.12. The molecule has 6 heteroatoms. The number of hydrogen-bond acceptors (Lipinski definition) is 5. The van der Waals surface area contributed by atoms with Crippen LogP contribution in [0.3, 0.4) is 0 Å². The van der Waals surface area contributed by atoms with Gasteiger partial charge >= 0.3 is 0 Å². The number of thiazole rings is 1. The Kier molecular flexibility index (Phi) is 5.48. The maximum atomic E-state index is 11.4. The molecule has 2 heterocycles. The van der Waals surface area contributed by atoms with Crippen LogP contribution in [-0.2, 0) is 6.42 Å². The summed E-state index contributed by atoms with van der Waals surface area (Å²) in [5.74, 6) is 1.79. The van der Waals surface area contributed by atoms with Crippen LogP contribution in [0, 0.1) is 11.8 Å². The third-order valence-corrected chi connectivity index (χ3v) is 7.76. The molecule has 0 radical (unpaired) electrons. The number of nitrogens with zero attached hydrogens (tertiary/aromatic N) is 3. The van der Waals surface area contributed by atoms with E-state index in [9.17, 15) is 5.11 Å². The lowest BCUT2D eigenvalue weighted by molar-refractivity contribution is -0.0574. The summed E-state index contributed by atoms with van der Waals surface area (Å²) < 4.78 is 0. The van der Waals surface area contributed by atoms with E-state index < -0.39 is 5.60 Å². The highest BCUT2D eigenvalue weighted by atomic mass is 32.1. The summed E-state index contributed by atoms with van der Waals surface area (Å²) in [6.07, 6.45) is 10.3. The van der Waals surface area contributed by atoms with Crippen LogP contribution >= 0.6 is 11.3 Å². The van der Waals surface area contributed by atoms with Gasteiger partial charge in [0, 0.05) is 30.5 Å². The van der Waals surface area contributed by atoms with Gasteiger partial charge in [0.25, 0.3) is 0 Å². The molecule has 1 saturated carbocycles. The van der Waals surface area contributed by atoms with Crippen molar-refractivity contribution in [1.29, 1.82) is 0 Å². The Labute approximate surface area is 181 Å². The molecule has 0 saturated heterocycles. The van der Waals surface area contributed by atoms with E-state index in [1.54, 1.807) is 11.3 Å². The number of aryl methyl sites for hydroxylation is 1. The van der Waals surface area contributed by atoms with E-state index in [1.165, 1.54) is 12.0 Å². The highest BCUT2D eigenvalue weighted by molar-refractivity contribution is 7.10. The van der Waals surface area contributed by atoms with Gasteiger partial charge in [-0.05, 0) is 69.3 Å². The average Bonchev–Trinajstić information content (AvgIpc) is 3.42. The van der Waals surface area contributed by atoms with Gasteiger partial charge < -0.3 is 15.0 Å². The Morgan fingerprint density at radius 2 is 2.17 bits per heavy atom. The molecule has 0 spiro atoms. The molecule has 3 aliphatic carbocycles. The van der Waals surface area contributed by atoms with Crippen LogP contribution in [0.5, 0.6) is 0 Å². The summed E-state index contributed by atoms with van der Waals surface area (Å²) in [5, 5.41) is 14.6. The molecule has 6 rings (SSSR count). The second-order valence-corrected chi connectivity index (χ2v) is 9.90. The van der Waals surface area contributed by atoms with Crippen molar-refractivity contribution in [2.45, 2.75) is 44.1 Å². The molecule has 2 N–H and O–H groups in total. The summed E-state index contributed by atoms with van der Waals surface area (Å²) in [4.78, 5) is 14.9. The van der Waals surface area contributed by atoms with Crippen molar-refractivity contribution in [3.8, 4) is 0 Å². The summed E-state index contributed by atoms with van der Waals surface area (Å²) in [7, 11) is 2.17. The number of nitrogens with one attached hydrogen (secondary N) is 1. The maximum Gasteiger partial charge on any atom is 0.119 e. The molecule has 3 aromatic rings. The van der Waals surface area contributed by atoms with Gasteiger partial charge in [-0.15, -0.1) is 11.3 Å². The van der Waals surface area contributed by atoms with Gasteiger partial charge in [-0.3, -0.25) is 0 Å². The minimum Gasteiger partial charge on any atom is -0.389 e. The fourth-order valence-corrected chi connectivity index (χ4v) is 5.97. The number of H-pyrrole nitrogens is 1. The molecule has 5 nitrogen and oxygen atoms in total. The molecule has 2 bridgehead atoms. The quantitative estimate of drug-likeness (QED) is 0.560. The molecule has 0 aliphatic heterocycles. The first-order valence-electron chi connectivity index (χ1n) is 11.1. The minimum absolute atomic E-state index is 0.269. The van der Waals surface area contributed by atoms with E-state index in [1.807, 2.05) is 23.7 Å². The van der Waals surface area contributed by atoms with Crippen molar-refractivity contribution in [2.75, 3.05) is 20.1 Å². The normalized spacial score (nSPS) is 25.9. The van der Waals surface area contributed by atoms with E-state index in [0.29, 0.717) is 5.92 Å². The molecule has 30 heavy (non-hydrogen) atoms. The number of aromatic nitrogens is 3. The van der Waals surface area contributed by atoms with Crippen LogP contribution in [0.25, 0.3) is 16.6 Å². The fourth-order valence-electron chi connectivity index (χ4n) is 5.22. The Morgan fingerprint density at radius 1 is 1.27 bits per heavy atom. The van der Waals surface area contributed by atoms with Crippen LogP contribution in [0.1, 0.15) is 42.9 Å². The van der Waals surface area contributed by atoms with Gasteiger partial charge in [-0.2, -0.15) is 0 Å². The van der Waals surface area contributed by atoms with Crippen molar-refractivity contribution in [3.63, 3.8) is 0 Å². The van der Waals surface area contributed by atoms with Crippen LogP contribution < -0.4 is 0 Å². The molecule has 3 aliphatic rings. The summed E-state index contributed by atoms with van der Waals surface area (Å²) in [6.45, 7) is 1.95. The Bertz CT molecular complexity index is 994. The van der Waals surface area contributed by atoms with Gasteiger partial charge in [-0.25, -0.2) is 9.97 Å². The van der Waals surface area contributed by atoms with Crippen molar-refractivity contribution in [1.82, 2.24) is 19.9 Å². The number of rotatable bonds is 8. The highest BCUT2D eigenvalue weighted by Gasteiger charge is 2.46. The fraction of sp³-hybridized carbons (Fsp3) is 0.500. The summed E-state index contributed by atoms with van der Waals surface area (Å²) in [5.41, 5.74) is 2.97. The number of allylic oxidation sites excluding steroid dienone is 1. The Hall–Kier alpha value is -2.02. The smallest absolute Gasteiger partial charge is 0.119 e. The third-order valence-electron chi connectivity index (χ3n) is 6.93. The lowest BCUT2D eigenvalue weighted by Crippen LogP contribution is -2.48. The van der Waals surface area contributed by atoms with Crippen LogP contribution in [0.2, 0.25) is 0 Å². The van der Waals surface area contributed by atoms with Gasteiger partial charge in [0.05, 0.1) is 16.6 Å². The minimum atomic E-state index is -0.559. The van der Waals surface area contributed by atoms with Crippen LogP contribution in [0.15, 0.2) is 41.9 Å². The van der Waals surface area contributed by atoms with Gasteiger partial charge in [0.1, 0.15) is 10.8 Å². The number of fused-ring (bicyclic) bond motifs is 3. The second-order valence-electron chi connectivity index (χ2n) is 9.01. The number of aromatic amines is 1. The molecule has 1 fully saturated rings. The Morgan fingerprint density at radius 3 is 2.93 bits per heavy atom. The molecular formula is C24H30N4OS. The van der Waals surface area contributed by atoms with Gasteiger partial charge in [-0.1, -0.05) is 18.2 Å². The number of imidazole rings is 1. The van der Waals surface area contributed by atoms with Crippen LogP contribution in [0.4, 0.5) is 0 Å². The zero-order valence-electron chi connectivity index (χ0n) is 17.6. The van der Waals surface area contributed by atoms with E-state index >= 15 is 0 Å². The first-order valence-corrected chi connectivity index (χ1v) is 11.9. The van der Waals surface area contributed by atoms with E-state index in [4.69, 9.17) is 0 Å². The van der Waals surface area contributed by atoms with E-state index in [2.05, 4.69) is 45.1 Å². The first kappa shape index (κ1) is 19.9. The SMILES string of the molecule is CN(CCCc1nc2ccccc2[nH]1)CC[C@]1(O)C[C@H]2CC[C@@H]1C=C2c1nccs1. The molecular weight excluding hydrogens is 392 g/mol. The summed E-state index contributed by atoms with van der Waals surface area (Å²) >= 11 is 1.72. The number of benzene rings is 1. The van der Waals surface area contributed by atoms with Gasteiger partial charge in [0.2, 0.25) is 0 Å². The largest absolute Gasteiger partial charge is 0.389 e. The maximum absolute atomic E-state index is 11.4. The zero-order chi connectivity index (χ0) is 20.6. The summed E-state index contributed by atoms with van der Waals surface area (Å²) in [6, 6.07) is 8.19. The van der Waals surface area contributed by atoms with E-state index in [-0.39, 0.29) is 5.92 Å². The lowest BCUT2D eigenvalue weighted by Gasteiger charge is -2.47. The molecule has 3 atom stereocenters. The highest BCUT2D eigenvalue weighted by Crippen LogP contribution is 2.51. The molecule has 158 valence electrons. The standard InChI is InChI=1S/C24H30N4OS/c1-28(12-4-7-22-26-20-5-2-3-6-21(20)27-22)13-10-24(29)16-17-8-9-18(24)15-19(17)23-25-11-14-30-23/h2-3,5-6,11,14-15,17-18,29H,4,7-10,12-13,16H2,1H3,(H,26,27)/t17-,18-,24+/m1/s1. The molecule has 0 amide bonds. The lowest BCUT2D eigenvalue weighted by atomic mass is 9.62. The zero-order valence-corrected chi connectivity index (χ0v) is 18.4. The predicted octanol–water partition coefficient (Wildman–Crippen LogP) is 4.52. The average molecular weight is 423 g/mol. The second kappa shape index (κ2) is 8.25. The van der Waals surface area contributed by atoms with Crippen LogP contribution in [-0.4, -0.2) is 50.7 Å². The molecule has 1 aromatic carbocycles. The van der Waals surface area contributed by atoms with Crippen molar-refractivity contribution in [3.05, 3.63) is 52.8 Å². The van der Waals surface area contributed by atoms with E-state index in [0.717, 1.165) is 67.1 Å². The predicted molar refractivity (Wildman–Crippen MR) is 122 cm³/mol. The molecule has 0 unspecified atom stereocenters.